The Morgan fingerprint density at radius 2 is 1.00 bits per heavy atom. The normalized spacial score (nSPS) is 13.0. The van der Waals surface area contributed by atoms with Crippen molar-refractivity contribution in [2.45, 2.75) is 51.3 Å². The highest BCUT2D eigenvalue weighted by atomic mass is 32.2. The first-order chi connectivity index (χ1) is 20.4. The van der Waals surface area contributed by atoms with E-state index in [-0.39, 0.29) is 60.1 Å². The van der Waals surface area contributed by atoms with Gasteiger partial charge in [-0.05, 0) is 87.1 Å². The zero-order chi connectivity index (χ0) is 32.5. The number of fused-ring (bicyclic) bond motifs is 2. The summed E-state index contributed by atoms with van der Waals surface area (Å²) in [6.07, 6.45) is 0. The van der Waals surface area contributed by atoms with Crippen LogP contribution in [0, 0.1) is 41.5 Å². The molecule has 0 heterocycles. The quantitative estimate of drug-likeness (QED) is 0.190. The van der Waals surface area contributed by atoms with Gasteiger partial charge in [-0.2, -0.15) is 8.42 Å². The Kier molecular flexibility index (Phi) is 7.53. The summed E-state index contributed by atoms with van der Waals surface area (Å²) in [7, 11) is -9.40. The molecule has 3 N–H and O–H groups in total. The predicted molar refractivity (Wildman–Crippen MR) is 165 cm³/mol. The molecule has 0 amide bonds. The molecule has 0 atom stereocenters. The van der Waals surface area contributed by atoms with E-state index < -0.39 is 31.8 Å². The molecule has 4 aromatic rings. The summed E-state index contributed by atoms with van der Waals surface area (Å²) in [5, 5.41) is 6.27. The number of hydrogen-bond acceptors (Lipinski definition) is 9. The molecule has 0 aliphatic heterocycles. The lowest BCUT2D eigenvalue weighted by Crippen LogP contribution is -2.24. The molecule has 12 heteroatoms. The second kappa shape index (κ2) is 10.7. The fourth-order valence-corrected chi connectivity index (χ4v) is 8.09. The van der Waals surface area contributed by atoms with E-state index in [2.05, 4.69) is 10.6 Å². The molecule has 0 saturated heterocycles. The molecule has 10 nitrogen and oxygen atoms in total. The molecule has 44 heavy (non-hydrogen) atoms. The lowest BCUT2D eigenvalue weighted by molar-refractivity contribution is 0.0980. The third kappa shape index (κ3) is 5.09. The highest BCUT2D eigenvalue weighted by Gasteiger charge is 2.35. The first-order valence-electron chi connectivity index (χ1n) is 13.5. The SMILES string of the molecule is Cc1cc(C)c(S(=O)(=O)[O-])c(C)c1Nc1ccc(Nc2c(C)cc(C)c(S(=O)(=O)O)c2C)c2c1C(=O)c1ccccc1C2=O. The Bertz CT molecular complexity index is 2020. The lowest BCUT2D eigenvalue weighted by atomic mass is 9.82. The predicted octanol–water partition coefficient (Wildman–Crippen LogP) is 5.95. The summed E-state index contributed by atoms with van der Waals surface area (Å²) >= 11 is 0. The van der Waals surface area contributed by atoms with E-state index in [1.54, 1.807) is 69.3 Å². The molecule has 4 aromatic carbocycles. The zero-order valence-electron chi connectivity index (χ0n) is 24.7. The van der Waals surface area contributed by atoms with Crippen LogP contribution < -0.4 is 10.6 Å². The fraction of sp³-hybridized carbons (Fsp3) is 0.188. The van der Waals surface area contributed by atoms with Crippen molar-refractivity contribution >= 4 is 54.6 Å². The van der Waals surface area contributed by atoms with Crippen molar-refractivity contribution < 1.29 is 35.5 Å². The molecule has 0 spiro atoms. The molecule has 5 rings (SSSR count). The number of rotatable bonds is 6. The van der Waals surface area contributed by atoms with E-state index in [9.17, 15) is 35.5 Å². The first-order valence-corrected chi connectivity index (χ1v) is 16.3. The number of carbonyl (C=O) groups excluding carboxylic acids is 2. The molecule has 0 fully saturated rings. The lowest BCUT2D eigenvalue weighted by Gasteiger charge is -2.26. The number of hydrogen-bond donors (Lipinski definition) is 3. The largest absolute Gasteiger partial charge is 0.744 e. The van der Waals surface area contributed by atoms with Crippen molar-refractivity contribution in [2.75, 3.05) is 10.6 Å². The Morgan fingerprint density at radius 1 is 0.614 bits per heavy atom. The summed E-state index contributed by atoms with van der Waals surface area (Å²) in [4.78, 5) is 27.4. The molecule has 228 valence electrons. The number of carbonyl (C=O) groups is 2. The molecule has 1 aliphatic rings. The maximum Gasteiger partial charge on any atom is 0.295 e. The van der Waals surface area contributed by atoms with Gasteiger partial charge in [-0.3, -0.25) is 14.1 Å². The van der Waals surface area contributed by atoms with E-state index in [4.69, 9.17) is 0 Å². The maximum absolute atomic E-state index is 14.0. The molecule has 0 radical (unpaired) electrons. The van der Waals surface area contributed by atoms with Gasteiger partial charge in [0, 0.05) is 22.5 Å². The zero-order valence-corrected chi connectivity index (χ0v) is 26.4. The van der Waals surface area contributed by atoms with Crippen LogP contribution >= 0.6 is 0 Å². The molecular weight excluding hydrogens is 604 g/mol. The first kappa shape index (κ1) is 31.1. The Labute approximate surface area is 255 Å². The van der Waals surface area contributed by atoms with Crippen LogP contribution in [0.15, 0.2) is 58.3 Å². The molecule has 0 bridgehead atoms. The fourth-order valence-electron chi connectivity index (χ4n) is 6.20. The number of ketones is 2. The van der Waals surface area contributed by atoms with Gasteiger partial charge in [0.05, 0.1) is 27.4 Å². The highest BCUT2D eigenvalue weighted by Crippen LogP contribution is 2.42. The van der Waals surface area contributed by atoms with Crippen LogP contribution in [0.1, 0.15) is 65.2 Å². The number of anilines is 4. The topological polar surface area (TPSA) is 170 Å². The van der Waals surface area contributed by atoms with Crippen LogP contribution in [-0.2, 0) is 20.2 Å². The van der Waals surface area contributed by atoms with Gasteiger partial charge >= 0.3 is 0 Å². The number of aryl methyl sites for hydroxylation is 4. The highest BCUT2D eigenvalue weighted by molar-refractivity contribution is 7.86. The van der Waals surface area contributed by atoms with Gasteiger partial charge in [0.15, 0.2) is 11.6 Å². The monoisotopic (exact) mass is 633 g/mol. The minimum absolute atomic E-state index is 0.0158. The van der Waals surface area contributed by atoms with Crippen LogP contribution in [-0.4, -0.2) is 37.5 Å². The van der Waals surface area contributed by atoms with Crippen molar-refractivity contribution in [3.05, 3.63) is 104 Å². The Balaban J connectivity index is 1.76. The summed E-state index contributed by atoms with van der Waals surface area (Å²) in [6, 6.07) is 12.6. The average molecular weight is 634 g/mol. The third-order valence-corrected chi connectivity index (χ3v) is 10.2. The summed E-state index contributed by atoms with van der Waals surface area (Å²) < 4.78 is 70.6. The number of nitrogens with one attached hydrogen (secondary N) is 2. The maximum atomic E-state index is 14.0. The van der Waals surface area contributed by atoms with Gasteiger partial charge in [0.25, 0.3) is 10.1 Å². The molecule has 0 aromatic heterocycles. The van der Waals surface area contributed by atoms with Crippen LogP contribution in [0.3, 0.4) is 0 Å². The molecular formula is C32H29N2O8S2-. The van der Waals surface area contributed by atoms with Gasteiger partial charge in [-0.15, -0.1) is 0 Å². The standard InChI is InChI=1S/C32H30N2O8S2/c1-15-13-17(3)31(43(37,38)39)19(5)27(15)33-23-11-12-24(26-25(23)29(35)21-9-7-8-10-22(21)30(26)36)34-28-16(2)14-18(4)32(20(28)6)44(40,41)42/h7-14,33-34H,1-6H3,(H,37,38,39)(H,40,41,42)/p-1. The van der Waals surface area contributed by atoms with E-state index in [0.29, 0.717) is 28.1 Å². The van der Waals surface area contributed by atoms with E-state index in [1.807, 2.05) is 0 Å². The summed E-state index contributed by atoms with van der Waals surface area (Å²) in [6.45, 7) is 9.58. The van der Waals surface area contributed by atoms with Crippen molar-refractivity contribution in [1.29, 1.82) is 0 Å². The van der Waals surface area contributed by atoms with Gasteiger partial charge in [-0.25, -0.2) is 8.42 Å². The van der Waals surface area contributed by atoms with Gasteiger partial charge in [0.1, 0.15) is 15.0 Å². The van der Waals surface area contributed by atoms with E-state index in [1.165, 1.54) is 20.8 Å². The Morgan fingerprint density at radius 3 is 1.39 bits per heavy atom. The smallest absolute Gasteiger partial charge is 0.295 e. The van der Waals surface area contributed by atoms with Crippen LogP contribution in [0.4, 0.5) is 22.7 Å². The van der Waals surface area contributed by atoms with Gasteiger partial charge < -0.3 is 15.2 Å². The molecule has 1 aliphatic carbocycles. The minimum Gasteiger partial charge on any atom is -0.744 e. The average Bonchev–Trinajstić information content (AvgIpc) is 2.90. The third-order valence-electron chi connectivity index (χ3n) is 7.91. The summed E-state index contributed by atoms with van der Waals surface area (Å²) in [5.74, 6) is -0.921. The van der Waals surface area contributed by atoms with Crippen LogP contribution in [0.5, 0.6) is 0 Å². The van der Waals surface area contributed by atoms with Crippen molar-refractivity contribution in [2.24, 2.45) is 0 Å². The van der Waals surface area contributed by atoms with Crippen LogP contribution in [0.2, 0.25) is 0 Å². The van der Waals surface area contributed by atoms with Gasteiger partial charge in [-0.1, -0.05) is 36.4 Å². The van der Waals surface area contributed by atoms with Crippen molar-refractivity contribution in [3.8, 4) is 0 Å². The second-order valence-electron chi connectivity index (χ2n) is 11.0. The van der Waals surface area contributed by atoms with Crippen molar-refractivity contribution in [1.82, 2.24) is 0 Å². The minimum atomic E-state index is -4.82. The second-order valence-corrected chi connectivity index (χ2v) is 13.6. The Hall–Kier alpha value is -4.36. The molecule has 0 saturated carbocycles. The van der Waals surface area contributed by atoms with E-state index >= 15 is 0 Å². The number of benzene rings is 4. The van der Waals surface area contributed by atoms with Gasteiger partial charge in [0.2, 0.25) is 0 Å². The van der Waals surface area contributed by atoms with E-state index in [0.717, 1.165) is 0 Å². The van der Waals surface area contributed by atoms with Crippen molar-refractivity contribution in [3.63, 3.8) is 0 Å². The van der Waals surface area contributed by atoms with Crippen LogP contribution in [0.25, 0.3) is 0 Å². The summed E-state index contributed by atoms with van der Waals surface area (Å²) in [5.41, 5.74) is 3.74. The molecule has 0 unspecified atom stereocenters.